The number of ether oxygens (including phenoxy) is 2. The van der Waals surface area contributed by atoms with Crippen molar-refractivity contribution in [3.05, 3.63) is 214 Å². The molecule has 3 unspecified atom stereocenters. The van der Waals surface area contributed by atoms with Crippen molar-refractivity contribution in [3.8, 4) is 0 Å². The van der Waals surface area contributed by atoms with Crippen LogP contribution in [-0.4, -0.2) is 96.9 Å². The number of benzene rings is 6. The normalized spacial score (nSPS) is 21.8. The third-order valence-electron chi connectivity index (χ3n) is 19.9. The number of carbonyl (C=O) groups excluding carboxylic acids is 3. The minimum atomic E-state index is -0.484. The highest BCUT2D eigenvalue weighted by Gasteiger charge is 2.51. The number of aldehydes is 1. The number of hydrogen-bond acceptors (Lipinski definition) is 9. The topological polar surface area (TPSA) is 138 Å². The Morgan fingerprint density at radius 3 is 1.23 bits per heavy atom. The summed E-state index contributed by atoms with van der Waals surface area (Å²) in [6.45, 7) is 25.2. The van der Waals surface area contributed by atoms with Crippen LogP contribution in [0.15, 0.2) is 164 Å². The van der Waals surface area contributed by atoms with Crippen LogP contribution >= 0.6 is 0 Å². The van der Waals surface area contributed by atoms with Crippen LogP contribution in [0.4, 0.5) is 9.59 Å². The molecule has 6 aromatic rings. The van der Waals surface area contributed by atoms with Gasteiger partial charge in [0.1, 0.15) is 17.5 Å². The number of aryl methyl sites for hydroxylation is 3. The molecule has 6 aromatic carbocycles. The average Bonchev–Trinajstić information content (AvgIpc) is 1.63. The van der Waals surface area contributed by atoms with Gasteiger partial charge in [-0.1, -0.05) is 183 Å². The molecule has 11 nitrogen and oxygen atoms in total. The predicted molar refractivity (Wildman–Crippen MR) is 367 cm³/mol. The van der Waals surface area contributed by atoms with Crippen molar-refractivity contribution in [2.45, 2.75) is 200 Å². The van der Waals surface area contributed by atoms with Gasteiger partial charge in [-0.05, 0) is 177 Å². The molecule has 6 aliphatic carbocycles. The maximum absolute atomic E-state index is 13.3. The van der Waals surface area contributed by atoms with Gasteiger partial charge in [-0.2, -0.15) is 0 Å². The van der Waals surface area contributed by atoms with Crippen LogP contribution in [-0.2, 0) is 22.6 Å². The first-order valence-corrected chi connectivity index (χ1v) is 33.8. The lowest BCUT2D eigenvalue weighted by Gasteiger charge is -2.45. The van der Waals surface area contributed by atoms with Crippen molar-refractivity contribution >= 4 is 18.5 Å². The van der Waals surface area contributed by atoms with Gasteiger partial charge in [0.15, 0.2) is 0 Å². The molecule has 5 N–H and O–H groups in total. The van der Waals surface area contributed by atoms with Gasteiger partial charge in [-0.15, -0.1) is 0 Å². The molecule has 11 heteroatoms. The molecule has 0 radical (unpaired) electrons. The Hall–Kier alpha value is -6.63. The third-order valence-corrected chi connectivity index (χ3v) is 19.9. The molecule has 6 aliphatic rings. The van der Waals surface area contributed by atoms with Crippen LogP contribution in [0.3, 0.4) is 0 Å². The predicted octanol–water partition coefficient (Wildman–Crippen LogP) is 16.2. The number of nitrogens with zero attached hydrogens (tertiary/aromatic N) is 2. The molecule has 90 heavy (non-hydrogen) atoms. The van der Waals surface area contributed by atoms with Gasteiger partial charge in [0, 0.05) is 98.1 Å². The van der Waals surface area contributed by atoms with Crippen molar-refractivity contribution in [3.63, 3.8) is 0 Å². The molecule has 0 saturated heterocycles. The molecule has 0 heterocycles. The summed E-state index contributed by atoms with van der Waals surface area (Å²) in [6.07, 6.45) is 15.0. The second-order valence-corrected chi connectivity index (χ2v) is 29.4. The Morgan fingerprint density at radius 1 is 0.489 bits per heavy atom. The molecule has 0 bridgehead atoms. The van der Waals surface area contributed by atoms with Crippen LogP contribution < -0.4 is 21.7 Å². The molecular formula is C79H106N6O5. The maximum atomic E-state index is 13.3. The minimum Gasteiger partial charge on any atom is -0.444 e. The van der Waals surface area contributed by atoms with Crippen molar-refractivity contribution < 1.29 is 23.9 Å². The third kappa shape index (κ3) is 19.2. The van der Waals surface area contributed by atoms with E-state index in [-0.39, 0.29) is 35.1 Å². The number of rotatable bonds is 22. The molecule has 482 valence electrons. The van der Waals surface area contributed by atoms with Gasteiger partial charge in [-0.3, -0.25) is 4.79 Å². The van der Waals surface area contributed by atoms with Crippen molar-refractivity contribution in [1.82, 2.24) is 25.8 Å². The Labute approximate surface area is 540 Å². The Kier molecular flexibility index (Phi) is 23.1. The van der Waals surface area contributed by atoms with E-state index >= 15 is 0 Å². The van der Waals surface area contributed by atoms with Gasteiger partial charge >= 0.3 is 12.2 Å². The first-order valence-electron chi connectivity index (χ1n) is 33.8. The van der Waals surface area contributed by atoms with E-state index in [0.29, 0.717) is 29.8 Å². The fourth-order valence-corrected chi connectivity index (χ4v) is 13.5. The van der Waals surface area contributed by atoms with E-state index in [9.17, 15) is 14.4 Å². The fraction of sp³-hybridized carbons (Fsp3) is 0.506. The van der Waals surface area contributed by atoms with Gasteiger partial charge in [0.2, 0.25) is 0 Å². The highest BCUT2D eigenvalue weighted by atomic mass is 16.6. The van der Waals surface area contributed by atoms with Crippen molar-refractivity contribution in [2.24, 2.45) is 22.0 Å². The Morgan fingerprint density at radius 2 is 0.867 bits per heavy atom. The SMILES string of the molecule is CC(C)(C)OC(=O)N(CC1(CN)CCC1)[C@H]1CC1c1ccccc1.Cc1ccccc1C=O.Cc1ccccc1CNCC1(CN(C(=O)OC(C)(C)C)[C@H]2CC2c2ccccc2)CCC1.Cc1ccccc1CNCC1(CN[C@H]2CC2c2ccccc2)CCC1. The summed E-state index contributed by atoms with van der Waals surface area (Å²) in [5, 5.41) is 11.3. The van der Waals surface area contributed by atoms with E-state index < -0.39 is 11.2 Å². The van der Waals surface area contributed by atoms with Gasteiger partial charge in [0.25, 0.3) is 0 Å². The maximum Gasteiger partial charge on any atom is 0.410 e. The highest BCUT2D eigenvalue weighted by Crippen LogP contribution is 2.51. The minimum absolute atomic E-state index is 0.0979. The van der Waals surface area contributed by atoms with Gasteiger partial charge in [0.05, 0.1) is 0 Å². The summed E-state index contributed by atoms with van der Waals surface area (Å²) in [5.74, 6) is 1.58. The van der Waals surface area contributed by atoms with Crippen molar-refractivity contribution in [2.75, 3.05) is 39.3 Å². The van der Waals surface area contributed by atoms with Crippen LogP contribution in [0, 0.1) is 37.0 Å². The second kappa shape index (κ2) is 30.7. The van der Waals surface area contributed by atoms with Crippen molar-refractivity contribution in [1.29, 1.82) is 0 Å². The average molecular weight is 1220 g/mol. The van der Waals surface area contributed by atoms with Crippen LogP contribution in [0.1, 0.15) is 191 Å². The number of carbonyl (C=O) groups is 3. The number of nitrogens with one attached hydrogen (secondary N) is 3. The first kappa shape index (κ1) is 67.8. The standard InChI is InChI=1S/C28H38N2O2.C23H30N2.C20H30N2O2.C8H8O/c1-21-11-8-9-14-23(21)18-29-19-28(15-10-16-28)20-30(26(31)32-27(2,3)4)25-17-24(25)22-12-6-5-7-13-22;1-18-8-5-6-11-20(18)15-24-16-23(12-7-13-23)17-25-22-14-21(22)19-9-3-2-4-10-19;1-19(2,3)24-18(23)22(14-20(13-21)10-7-11-20)17-12-16(17)15-8-5-4-6-9-15;1-7-4-2-3-5-8(7)6-9/h5-9,11-14,24-25,29H,10,15-20H2,1-4H3;2-6,8-11,21-22,24-25H,7,12-17H2,1H3;4-6,8-9,16-17H,7,10-14,21H2,1-3H3;2-6H,1H3/t24?,25-;21?,22-;16?,17-;/m000./s1. The lowest BCUT2D eigenvalue weighted by Crippen LogP contribution is -2.51. The highest BCUT2D eigenvalue weighted by molar-refractivity contribution is 5.76. The van der Waals surface area contributed by atoms with E-state index in [0.717, 1.165) is 101 Å². The summed E-state index contributed by atoms with van der Waals surface area (Å²) in [4.78, 5) is 40.3. The largest absolute Gasteiger partial charge is 0.444 e. The van der Waals surface area contributed by atoms with Gasteiger partial charge < -0.3 is 41.0 Å². The van der Waals surface area contributed by atoms with Gasteiger partial charge in [-0.25, -0.2) is 9.59 Å². The molecule has 6 fully saturated rings. The number of nitrogens with two attached hydrogens (primary N) is 1. The smallest absolute Gasteiger partial charge is 0.410 e. The molecular weight excluding hydrogens is 1110 g/mol. The molecule has 6 atom stereocenters. The number of amides is 2. The molecule has 12 rings (SSSR count). The molecule has 0 aromatic heterocycles. The number of hydrogen-bond donors (Lipinski definition) is 4. The summed E-state index contributed by atoms with van der Waals surface area (Å²) in [5.41, 5.74) is 17.2. The Balaban J connectivity index is 0.000000151. The zero-order chi connectivity index (χ0) is 63.9. The molecule has 2 amide bonds. The molecule has 6 saturated carbocycles. The molecule has 0 spiro atoms. The van der Waals surface area contributed by atoms with E-state index in [1.165, 1.54) is 84.0 Å². The zero-order valence-electron chi connectivity index (χ0n) is 55.8. The quantitative estimate of drug-likeness (QED) is 0.0490. The lowest BCUT2D eigenvalue weighted by atomic mass is 9.68. The summed E-state index contributed by atoms with van der Waals surface area (Å²) >= 11 is 0. The lowest BCUT2D eigenvalue weighted by molar-refractivity contribution is 0.000822. The summed E-state index contributed by atoms with van der Waals surface area (Å²) in [6, 6.07) is 58.0. The van der Waals surface area contributed by atoms with E-state index in [1.54, 1.807) is 0 Å². The Bertz CT molecular complexity index is 3210. The summed E-state index contributed by atoms with van der Waals surface area (Å²) < 4.78 is 11.5. The summed E-state index contributed by atoms with van der Waals surface area (Å²) in [7, 11) is 0. The second-order valence-electron chi connectivity index (χ2n) is 29.4. The van der Waals surface area contributed by atoms with Crippen LogP contribution in [0.25, 0.3) is 0 Å². The zero-order valence-corrected chi connectivity index (χ0v) is 55.8. The van der Waals surface area contributed by atoms with E-state index in [4.69, 9.17) is 15.2 Å². The monoisotopic (exact) mass is 1220 g/mol. The first-order chi connectivity index (χ1) is 43.2. The van der Waals surface area contributed by atoms with E-state index in [1.807, 2.05) is 83.7 Å². The fourth-order valence-electron chi connectivity index (χ4n) is 13.5. The van der Waals surface area contributed by atoms with Crippen LogP contribution in [0.5, 0.6) is 0 Å². The van der Waals surface area contributed by atoms with E-state index in [2.05, 4.69) is 168 Å². The van der Waals surface area contributed by atoms with Crippen LogP contribution in [0.2, 0.25) is 0 Å². The molecule has 0 aliphatic heterocycles.